The standard InChI is InChI=1S/C63H48/c1-61(2)54-34-30-38(41-25-16-27-49-51-33-32-50-42-20-13-14-28-53(42)62(3,4)59(50)60(51)63(5,6)58(41)49)35-52(54)43-31-29-39(36-55(43)61)56-45-21-9-11-23-47(45)57(48-24-12-10-22-46(48)56)44-26-15-18-37-17-7-8-19-40(37)44/h7-36H,1-6H3. The van der Waals surface area contributed by atoms with Crippen molar-refractivity contribution in [3.05, 3.63) is 215 Å². The Morgan fingerprint density at radius 1 is 0.254 bits per heavy atom. The van der Waals surface area contributed by atoms with Gasteiger partial charge in [-0.2, -0.15) is 0 Å². The maximum Gasteiger partial charge on any atom is 0.0168 e. The first-order valence-electron chi connectivity index (χ1n) is 22.7. The van der Waals surface area contributed by atoms with Gasteiger partial charge >= 0.3 is 0 Å². The second-order valence-electron chi connectivity index (χ2n) is 19.9. The highest BCUT2D eigenvalue weighted by Crippen LogP contribution is 2.61. The molecule has 0 bridgehead atoms. The fraction of sp³-hybridized carbons (Fsp3) is 0.143. The summed E-state index contributed by atoms with van der Waals surface area (Å²) in [7, 11) is 0. The smallest absolute Gasteiger partial charge is 0.0168 e. The number of hydrogen-bond donors (Lipinski definition) is 0. The van der Waals surface area contributed by atoms with Crippen molar-refractivity contribution in [3.63, 3.8) is 0 Å². The van der Waals surface area contributed by atoms with Crippen molar-refractivity contribution in [2.75, 3.05) is 0 Å². The van der Waals surface area contributed by atoms with Gasteiger partial charge in [-0.15, -0.1) is 0 Å². The quantitative estimate of drug-likeness (QED) is 0.156. The van der Waals surface area contributed by atoms with E-state index in [4.69, 9.17) is 0 Å². The third kappa shape index (κ3) is 4.76. The molecule has 0 aliphatic heterocycles. The summed E-state index contributed by atoms with van der Waals surface area (Å²) >= 11 is 0. The van der Waals surface area contributed by atoms with Crippen molar-refractivity contribution in [3.8, 4) is 66.8 Å². The van der Waals surface area contributed by atoms with Crippen LogP contribution in [-0.2, 0) is 16.2 Å². The number of fused-ring (bicyclic) bond motifs is 13. The molecule has 10 aromatic carbocycles. The summed E-state index contributed by atoms with van der Waals surface area (Å²) in [6.45, 7) is 14.6. The molecule has 3 aliphatic carbocycles. The van der Waals surface area contributed by atoms with E-state index in [1.165, 1.54) is 132 Å². The SMILES string of the molecule is CC1(C)c2ccc(-c3cccc4c3C(C)(C)c3c-4ccc4c3C(C)(C)c3ccccc3-4)cc2-c2ccc(-c3c4ccccc4c(-c4cccc5ccccc45)c4ccccc34)cc21. The minimum atomic E-state index is -0.175. The van der Waals surface area contributed by atoms with Crippen LogP contribution in [0.4, 0.5) is 0 Å². The molecule has 0 heteroatoms. The zero-order valence-electron chi connectivity index (χ0n) is 36.8. The molecule has 3 aliphatic rings. The van der Waals surface area contributed by atoms with Gasteiger partial charge in [-0.05, 0) is 145 Å². The van der Waals surface area contributed by atoms with Crippen molar-refractivity contribution in [2.45, 2.75) is 57.8 Å². The third-order valence-corrected chi connectivity index (χ3v) is 15.6. The third-order valence-electron chi connectivity index (χ3n) is 15.6. The highest BCUT2D eigenvalue weighted by molar-refractivity contribution is 6.23. The van der Waals surface area contributed by atoms with Crippen molar-refractivity contribution >= 4 is 32.3 Å². The fourth-order valence-corrected chi connectivity index (χ4v) is 12.8. The number of rotatable bonds is 3. The van der Waals surface area contributed by atoms with Crippen LogP contribution in [0.1, 0.15) is 74.9 Å². The van der Waals surface area contributed by atoms with Crippen LogP contribution in [0.3, 0.4) is 0 Å². The lowest BCUT2D eigenvalue weighted by Gasteiger charge is -2.31. The molecule has 0 heterocycles. The Bertz CT molecular complexity index is 3580. The van der Waals surface area contributed by atoms with Gasteiger partial charge in [-0.3, -0.25) is 0 Å². The van der Waals surface area contributed by atoms with Gasteiger partial charge in [0.1, 0.15) is 0 Å². The van der Waals surface area contributed by atoms with Gasteiger partial charge in [0, 0.05) is 16.2 Å². The monoisotopic (exact) mass is 804 g/mol. The van der Waals surface area contributed by atoms with E-state index in [0.29, 0.717) is 0 Å². The Labute approximate surface area is 370 Å². The van der Waals surface area contributed by atoms with Crippen LogP contribution in [0.15, 0.2) is 182 Å². The van der Waals surface area contributed by atoms with E-state index in [1.807, 2.05) is 0 Å². The molecule has 300 valence electrons. The van der Waals surface area contributed by atoms with Crippen molar-refractivity contribution in [2.24, 2.45) is 0 Å². The maximum atomic E-state index is 2.51. The highest BCUT2D eigenvalue weighted by atomic mass is 14.5. The van der Waals surface area contributed by atoms with E-state index in [0.717, 1.165) is 0 Å². The summed E-state index contributed by atoms with van der Waals surface area (Å²) in [4.78, 5) is 0. The molecule has 0 atom stereocenters. The molecule has 0 saturated heterocycles. The average molecular weight is 805 g/mol. The highest BCUT2D eigenvalue weighted by Gasteiger charge is 2.46. The predicted molar refractivity (Wildman–Crippen MR) is 268 cm³/mol. The first-order valence-corrected chi connectivity index (χ1v) is 22.7. The Morgan fingerprint density at radius 2 is 0.730 bits per heavy atom. The van der Waals surface area contributed by atoms with Crippen LogP contribution in [0.5, 0.6) is 0 Å². The molecule has 0 nitrogen and oxygen atoms in total. The van der Waals surface area contributed by atoms with Crippen LogP contribution in [0, 0.1) is 0 Å². The molecule has 0 spiro atoms. The van der Waals surface area contributed by atoms with Crippen LogP contribution < -0.4 is 0 Å². The second-order valence-corrected chi connectivity index (χ2v) is 19.9. The normalized spacial score (nSPS) is 15.5. The van der Waals surface area contributed by atoms with E-state index in [2.05, 4.69) is 224 Å². The molecule has 0 aromatic heterocycles. The largest absolute Gasteiger partial charge is 0.0619 e. The fourth-order valence-electron chi connectivity index (χ4n) is 12.8. The first-order chi connectivity index (χ1) is 30.5. The Kier molecular flexibility index (Phi) is 7.29. The lowest BCUT2D eigenvalue weighted by Crippen LogP contribution is -2.24. The zero-order chi connectivity index (χ0) is 42.6. The Hall–Kier alpha value is -7.02. The summed E-state index contributed by atoms with van der Waals surface area (Å²) in [6.07, 6.45) is 0. The van der Waals surface area contributed by atoms with Crippen molar-refractivity contribution in [1.82, 2.24) is 0 Å². The average Bonchev–Trinajstić information content (AvgIpc) is 3.79. The van der Waals surface area contributed by atoms with Gasteiger partial charge in [-0.25, -0.2) is 0 Å². The van der Waals surface area contributed by atoms with Crippen molar-refractivity contribution in [1.29, 1.82) is 0 Å². The molecule has 0 fully saturated rings. The zero-order valence-corrected chi connectivity index (χ0v) is 36.8. The van der Waals surface area contributed by atoms with Crippen LogP contribution >= 0.6 is 0 Å². The summed E-state index contributed by atoms with van der Waals surface area (Å²) in [5.74, 6) is 0. The van der Waals surface area contributed by atoms with E-state index in [1.54, 1.807) is 0 Å². The van der Waals surface area contributed by atoms with Gasteiger partial charge in [0.05, 0.1) is 0 Å². The van der Waals surface area contributed by atoms with Gasteiger partial charge in [0.15, 0.2) is 0 Å². The molecule has 0 amide bonds. The minimum Gasteiger partial charge on any atom is -0.0619 e. The summed E-state index contributed by atoms with van der Waals surface area (Å²) < 4.78 is 0. The predicted octanol–water partition coefficient (Wildman–Crippen LogP) is 17.1. The molecule has 63 heavy (non-hydrogen) atoms. The molecular weight excluding hydrogens is 757 g/mol. The van der Waals surface area contributed by atoms with Crippen LogP contribution in [0.2, 0.25) is 0 Å². The van der Waals surface area contributed by atoms with E-state index in [-0.39, 0.29) is 16.2 Å². The van der Waals surface area contributed by atoms with Crippen LogP contribution in [-0.4, -0.2) is 0 Å². The van der Waals surface area contributed by atoms with Gasteiger partial charge in [0.25, 0.3) is 0 Å². The minimum absolute atomic E-state index is 0.0736. The molecular formula is C63H48. The van der Waals surface area contributed by atoms with Gasteiger partial charge in [-0.1, -0.05) is 211 Å². The maximum absolute atomic E-state index is 2.51. The number of hydrogen-bond acceptors (Lipinski definition) is 0. The Morgan fingerprint density at radius 3 is 1.48 bits per heavy atom. The molecule has 13 rings (SSSR count). The second kappa shape index (κ2) is 12.6. The summed E-state index contributed by atoms with van der Waals surface area (Å²) in [6, 6.07) is 69.2. The molecule has 0 N–H and O–H groups in total. The molecule has 0 unspecified atom stereocenters. The van der Waals surface area contributed by atoms with Crippen molar-refractivity contribution < 1.29 is 0 Å². The topological polar surface area (TPSA) is 0 Å². The molecule has 10 aromatic rings. The van der Waals surface area contributed by atoms with Gasteiger partial charge < -0.3 is 0 Å². The first kappa shape index (κ1) is 36.6. The van der Waals surface area contributed by atoms with E-state index >= 15 is 0 Å². The lowest BCUT2D eigenvalue weighted by molar-refractivity contribution is 0.602. The van der Waals surface area contributed by atoms with Crippen LogP contribution in [0.25, 0.3) is 99.1 Å². The number of benzene rings is 10. The summed E-state index contributed by atoms with van der Waals surface area (Å²) in [5, 5.41) is 7.69. The molecule has 0 saturated carbocycles. The van der Waals surface area contributed by atoms with Gasteiger partial charge in [0.2, 0.25) is 0 Å². The Balaban J connectivity index is 0.961. The van der Waals surface area contributed by atoms with E-state index < -0.39 is 0 Å². The lowest BCUT2D eigenvalue weighted by atomic mass is 9.71. The summed E-state index contributed by atoms with van der Waals surface area (Å²) in [5.41, 5.74) is 24.3. The van der Waals surface area contributed by atoms with E-state index in [9.17, 15) is 0 Å². The molecule has 0 radical (unpaired) electrons.